The number of hydrogen-bond acceptors (Lipinski definition) is 4. The molecule has 1 unspecified atom stereocenters. The molecule has 3 aromatic rings. The SMILES string of the molecule is CCC(C)c1ccc(S(=O)(=O)Nc2cc(-c3nnc4n3CCCCC4)c(F)cc2F)cc1. The zero-order valence-corrected chi connectivity index (χ0v) is 18.9. The lowest BCUT2D eigenvalue weighted by Gasteiger charge is -2.13. The number of benzene rings is 2. The molecular formula is C23H26F2N4O2S. The Hall–Kier alpha value is -2.81. The number of fused-ring (bicyclic) bond motifs is 1. The van der Waals surface area contributed by atoms with Gasteiger partial charge in [0, 0.05) is 19.0 Å². The van der Waals surface area contributed by atoms with Crippen molar-refractivity contribution in [3.63, 3.8) is 0 Å². The van der Waals surface area contributed by atoms with Crippen LogP contribution in [0.3, 0.4) is 0 Å². The zero-order chi connectivity index (χ0) is 22.9. The number of nitrogens with zero attached hydrogens (tertiary/aromatic N) is 3. The van der Waals surface area contributed by atoms with Gasteiger partial charge in [0.05, 0.1) is 16.1 Å². The number of aryl methyl sites for hydroxylation is 1. The molecule has 0 spiro atoms. The van der Waals surface area contributed by atoms with Gasteiger partial charge in [-0.2, -0.15) is 0 Å². The van der Waals surface area contributed by atoms with E-state index >= 15 is 0 Å². The second-order valence-electron chi connectivity index (χ2n) is 8.20. The Balaban J connectivity index is 1.67. The van der Waals surface area contributed by atoms with Gasteiger partial charge in [-0.25, -0.2) is 17.2 Å². The average Bonchev–Trinajstić information content (AvgIpc) is 3.02. The minimum absolute atomic E-state index is 0.00572. The Morgan fingerprint density at radius 1 is 1.06 bits per heavy atom. The van der Waals surface area contributed by atoms with Crippen LogP contribution < -0.4 is 4.72 Å². The Kier molecular flexibility index (Phi) is 6.28. The van der Waals surface area contributed by atoms with Crippen molar-refractivity contribution in [3.05, 3.63) is 59.4 Å². The highest BCUT2D eigenvalue weighted by atomic mass is 32.2. The van der Waals surface area contributed by atoms with Crippen LogP contribution in [0.1, 0.15) is 56.8 Å². The summed E-state index contributed by atoms with van der Waals surface area (Å²) < 4.78 is 59.0. The van der Waals surface area contributed by atoms with E-state index in [0.717, 1.165) is 49.6 Å². The lowest BCUT2D eigenvalue weighted by molar-refractivity contribution is 0.581. The smallest absolute Gasteiger partial charge is 0.261 e. The van der Waals surface area contributed by atoms with E-state index in [1.54, 1.807) is 12.1 Å². The lowest BCUT2D eigenvalue weighted by Crippen LogP contribution is -2.15. The first-order valence-electron chi connectivity index (χ1n) is 10.8. The maximum Gasteiger partial charge on any atom is 0.261 e. The third-order valence-corrected chi connectivity index (χ3v) is 7.40. The number of rotatable bonds is 6. The molecule has 1 aromatic heterocycles. The molecule has 2 heterocycles. The van der Waals surface area contributed by atoms with Crippen LogP contribution in [-0.4, -0.2) is 23.2 Å². The number of halogens is 2. The molecule has 1 aliphatic rings. The largest absolute Gasteiger partial charge is 0.311 e. The zero-order valence-electron chi connectivity index (χ0n) is 18.1. The monoisotopic (exact) mass is 460 g/mol. The summed E-state index contributed by atoms with van der Waals surface area (Å²) in [4.78, 5) is 0.00572. The number of hydrogen-bond donors (Lipinski definition) is 1. The van der Waals surface area contributed by atoms with Crippen LogP contribution in [-0.2, 0) is 23.0 Å². The molecule has 0 saturated heterocycles. The van der Waals surface area contributed by atoms with Crippen molar-refractivity contribution in [3.8, 4) is 11.4 Å². The quantitative estimate of drug-likeness (QED) is 0.544. The summed E-state index contributed by atoms with van der Waals surface area (Å²) in [5, 5.41) is 8.26. The van der Waals surface area contributed by atoms with Gasteiger partial charge in [-0.1, -0.05) is 32.4 Å². The van der Waals surface area contributed by atoms with Crippen LogP contribution in [0.2, 0.25) is 0 Å². The summed E-state index contributed by atoms with van der Waals surface area (Å²) >= 11 is 0. The Labute approximate surface area is 186 Å². The Morgan fingerprint density at radius 3 is 2.53 bits per heavy atom. The summed E-state index contributed by atoms with van der Waals surface area (Å²) in [6, 6.07) is 8.31. The fourth-order valence-corrected chi connectivity index (χ4v) is 4.96. The number of anilines is 1. The van der Waals surface area contributed by atoms with Crippen molar-refractivity contribution in [2.24, 2.45) is 0 Å². The van der Waals surface area contributed by atoms with Crippen molar-refractivity contribution < 1.29 is 17.2 Å². The van der Waals surface area contributed by atoms with Crippen molar-refractivity contribution in [2.75, 3.05) is 4.72 Å². The molecular weight excluding hydrogens is 434 g/mol. The fraction of sp³-hybridized carbons (Fsp3) is 0.391. The molecule has 1 atom stereocenters. The van der Waals surface area contributed by atoms with Crippen molar-refractivity contribution in [1.82, 2.24) is 14.8 Å². The van der Waals surface area contributed by atoms with E-state index in [1.165, 1.54) is 12.1 Å². The van der Waals surface area contributed by atoms with Gasteiger partial charge in [-0.3, -0.25) is 4.72 Å². The molecule has 0 aliphatic carbocycles. The number of aromatic nitrogens is 3. The maximum atomic E-state index is 14.7. The predicted octanol–water partition coefficient (Wildman–Crippen LogP) is 5.26. The van der Waals surface area contributed by atoms with E-state index in [4.69, 9.17) is 0 Å². The van der Waals surface area contributed by atoms with Crippen LogP contribution in [0.4, 0.5) is 14.5 Å². The average molecular weight is 461 g/mol. The van der Waals surface area contributed by atoms with E-state index < -0.39 is 21.7 Å². The maximum absolute atomic E-state index is 14.7. The molecule has 1 N–H and O–H groups in total. The van der Waals surface area contributed by atoms with Gasteiger partial charge in [0.15, 0.2) is 5.82 Å². The molecule has 0 amide bonds. The lowest BCUT2D eigenvalue weighted by atomic mass is 9.99. The van der Waals surface area contributed by atoms with Gasteiger partial charge in [0.25, 0.3) is 10.0 Å². The van der Waals surface area contributed by atoms with Gasteiger partial charge in [-0.05, 0) is 48.9 Å². The van der Waals surface area contributed by atoms with E-state index in [2.05, 4.69) is 28.8 Å². The van der Waals surface area contributed by atoms with Crippen LogP contribution in [0.5, 0.6) is 0 Å². The van der Waals surface area contributed by atoms with Gasteiger partial charge in [-0.15, -0.1) is 10.2 Å². The predicted molar refractivity (Wildman–Crippen MR) is 119 cm³/mol. The standard InChI is InChI=1S/C23H26F2N4O2S/c1-3-15(2)16-8-10-17(11-9-16)32(30,31)28-21-13-18(19(24)14-20(21)25)23-27-26-22-7-5-4-6-12-29(22)23/h8-11,13-15,28H,3-7,12H2,1-2H3. The minimum atomic E-state index is -4.06. The summed E-state index contributed by atoms with van der Waals surface area (Å²) in [5.74, 6) is -0.484. The van der Waals surface area contributed by atoms with Crippen LogP contribution >= 0.6 is 0 Å². The molecule has 0 radical (unpaired) electrons. The summed E-state index contributed by atoms with van der Waals surface area (Å²) in [5.41, 5.74) is 0.699. The molecule has 170 valence electrons. The van der Waals surface area contributed by atoms with Crippen LogP contribution in [0.15, 0.2) is 41.3 Å². The van der Waals surface area contributed by atoms with E-state index in [-0.39, 0.29) is 22.0 Å². The Morgan fingerprint density at radius 2 is 1.81 bits per heavy atom. The van der Waals surface area contributed by atoms with Crippen molar-refractivity contribution >= 4 is 15.7 Å². The third-order valence-electron chi connectivity index (χ3n) is 6.02. The topological polar surface area (TPSA) is 76.9 Å². The molecule has 0 saturated carbocycles. The highest BCUT2D eigenvalue weighted by Crippen LogP contribution is 2.31. The molecule has 2 aromatic carbocycles. The van der Waals surface area contributed by atoms with E-state index in [9.17, 15) is 17.2 Å². The first kappa shape index (κ1) is 22.4. The van der Waals surface area contributed by atoms with Crippen molar-refractivity contribution in [2.45, 2.75) is 63.3 Å². The highest BCUT2D eigenvalue weighted by molar-refractivity contribution is 7.92. The van der Waals surface area contributed by atoms with Crippen LogP contribution in [0.25, 0.3) is 11.4 Å². The molecule has 6 nitrogen and oxygen atoms in total. The van der Waals surface area contributed by atoms with Gasteiger partial charge < -0.3 is 4.57 Å². The second-order valence-corrected chi connectivity index (χ2v) is 9.88. The van der Waals surface area contributed by atoms with Crippen molar-refractivity contribution in [1.29, 1.82) is 0 Å². The third kappa shape index (κ3) is 4.39. The molecule has 4 rings (SSSR count). The molecule has 32 heavy (non-hydrogen) atoms. The van der Waals surface area contributed by atoms with E-state index in [0.29, 0.717) is 18.5 Å². The fourth-order valence-electron chi connectivity index (χ4n) is 3.90. The van der Waals surface area contributed by atoms with Gasteiger partial charge in [0.1, 0.15) is 17.5 Å². The van der Waals surface area contributed by atoms with Gasteiger partial charge >= 0.3 is 0 Å². The number of nitrogens with one attached hydrogen (secondary N) is 1. The summed E-state index contributed by atoms with van der Waals surface area (Å²) in [6.45, 7) is 4.75. The Bertz CT molecular complexity index is 1220. The molecule has 9 heteroatoms. The minimum Gasteiger partial charge on any atom is -0.311 e. The molecule has 0 bridgehead atoms. The van der Waals surface area contributed by atoms with Gasteiger partial charge in [0.2, 0.25) is 0 Å². The summed E-state index contributed by atoms with van der Waals surface area (Å²) in [6.07, 6.45) is 4.59. The van der Waals surface area contributed by atoms with E-state index in [1.807, 2.05) is 4.57 Å². The first-order valence-corrected chi connectivity index (χ1v) is 12.3. The second kappa shape index (κ2) is 8.97. The highest BCUT2D eigenvalue weighted by Gasteiger charge is 2.23. The molecule has 1 aliphatic heterocycles. The van der Waals surface area contributed by atoms with Crippen LogP contribution in [0, 0.1) is 11.6 Å². The summed E-state index contributed by atoms with van der Waals surface area (Å²) in [7, 11) is -4.06. The molecule has 0 fully saturated rings. The first-order chi connectivity index (χ1) is 15.3. The number of sulfonamides is 1. The normalized spacial score (nSPS) is 15.1.